The number of halogens is 2. The van der Waals surface area contributed by atoms with Crippen LogP contribution in [0.2, 0.25) is 0 Å². The van der Waals surface area contributed by atoms with Crippen LogP contribution in [-0.4, -0.2) is 10.2 Å². The van der Waals surface area contributed by atoms with Crippen molar-refractivity contribution in [2.45, 2.75) is 0 Å². The lowest BCUT2D eigenvalue weighted by atomic mass is 10.2. The van der Waals surface area contributed by atoms with E-state index in [0.29, 0.717) is 0 Å². The fourth-order valence-electron chi connectivity index (χ4n) is 1.12. The third-order valence-corrected chi connectivity index (χ3v) is 3.25. The first-order valence-electron chi connectivity index (χ1n) is 3.73. The molecular weight excluding hydrogens is 343 g/mol. The molecule has 0 aliphatic heterocycles. The van der Waals surface area contributed by atoms with Crippen molar-refractivity contribution in [3.8, 4) is 11.3 Å². The van der Waals surface area contributed by atoms with Crippen LogP contribution in [0.25, 0.3) is 11.3 Å². The minimum absolute atomic E-state index is 1.06. The van der Waals surface area contributed by atoms with Crippen LogP contribution in [0.3, 0.4) is 0 Å². The zero-order chi connectivity index (χ0) is 9.26. The largest absolute Gasteiger partial charge is 0.277 e. The number of aromatic amines is 1. The summed E-state index contributed by atoms with van der Waals surface area (Å²) in [6.07, 6.45) is 1.81. The van der Waals surface area contributed by atoms with Gasteiger partial charge >= 0.3 is 0 Å². The van der Waals surface area contributed by atoms with Crippen molar-refractivity contribution in [2.75, 3.05) is 0 Å². The number of nitrogens with zero attached hydrogens (tertiary/aromatic N) is 1. The van der Waals surface area contributed by atoms with Crippen LogP contribution in [-0.2, 0) is 0 Å². The molecule has 0 fully saturated rings. The quantitative estimate of drug-likeness (QED) is 0.786. The molecule has 2 nitrogen and oxygen atoms in total. The van der Waals surface area contributed by atoms with Crippen molar-refractivity contribution in [1.82, 2.24) is 10.2 Å². The van der Waals surface area contributed by atoms with Crippen LogP contribution >= 0.6 is 38.5 Å². The summed E-state index contributed by atoms with van der Waals surface area (Å²) >= 11 is 5.76. The second-order valence-electron chi connectivity index (χ2n) is 2.57. The number of benzene rings is 1. The van der Waals surface area contributed by atoms with Crippen LogP contribution in [0.1, 0.15) is 0 Å². The van der Waals surface area contributed by atoms with Gasteiger partial charge < -0.3 is 0 Å². The highest BCUT2D eigenvalue weighted by Gasteiger charge is 2.07. The number of hydrogen-bond acceptors (Lipinski definition) is 1. The maximum absolute atomic E-state index is 3.99. The maximum atomic E-state index is 3.99. The first kappa shape index (κ1) is 9.21. The summed E-state index contributed by atoms with van der Waals surface area (Å²) in [7, 11) is 0. The Balaban J connectivity index is 2.59. The summed E-state index contributed by atoms with van der Waals surface area (Å²) in [6, 6.07) is 8.08. The minimum Gasteiger partial charge on any atom is -0.277 e. The molecule has 1 aromatic heterocycles. The molecule has 4 heteroatoms. The van der Waals surface area contributed by atoms with Crippen molar-refractivity contribution in [3.63, 3.8) is 0 Å². The van der Waals surface area contributed by atoms with Gasteiger partial charge in [-0.05, 0) is 28.7 Å². The molecule has 0 radical (unpaired) electrons. The van der Waals surface area contributed by atoms with E-state index in [0.717, 1.165) is 19.3 Å². The number of nitrogens with one attached hydrogen (secondary N) is 1. The molecule has 2 rings (SSSR count). The van der Waals surface area contributed by atoms with E-state index in [1.54, 1.807) is 0 Å². The zero-order valence-corrected chi connectivity index (χ0v) is 10.3. The fourth-order valence-corrected chi connectivity index (χ4v) is 2.16. The molecule has 0 atom stereocenters. The van der Waals surface area contributed by atoms with Crippen molar-refractivity contribution in [1.29, 1.82) is 0 Å². The van der Waals surface area contributed by atoms with Crippen molar-refractivity contribution in [2.24, 2.45) is 0 Å². The van der Waals surface area contributed by atoms with Crippen molar-refractivity contribution < 1.29 is 0 Å². The van der Waals surface area contributed by atoms with Crippen molar-refractivity contribution in [3.05, 3.63) is 38.5 Å². The van der Waals surface area contributed by atoms with Crippen molar-refractivity contribution >= 4 is 38.5 Å². The van der Waals surface area contributed by atoms with Gasteiger partial charge in [-0.1, -0.05) is 34.1 Å². The molecule has 0 spiro atoms. The Bertz CT molecular complexity index is 425. The molecule has 0 saturated carbocycles. The number of aromatic nitrogens is 2. The third-order valence-electron chi connectivity index (χ3n) is 1.74. The lowest BCUT2D eigenvalue weighted by Crippen LogP contribution is -1.81. The van der Waals surface area contributed by atoms with Crippen LogP contribution in [0, 0.1) is 3.57 Å². The zero-order valence-electron chi connectivity index (χ0n) is 6.59. The third kappa shape index (κ3) is 1.78. The molecule has 0 aliphatic rings. The maximum Gasteiger partial charge on any atom is 0.0795 e. The molecule has 66 valence electrons. The molecule has 1 N–H and O–H groups in total. The lowest BCUT2D eigenvalue weighted by molar-refractivity contribution is 1.09. The van der Waals surface area contributed by atoms with Gasteiger partial charge in [0.1, 0.15) is 0 Å². The first-order chi connectivity index (χ1) is 6.29. The Morgan fingerprint density at radius 3 is 2.69 bits per heavy atom. The minimum atomic E-state index is 1.06. The highest BCUT2D eigenvalue weighted by Crippen LogP contribution is 2.29. The Labute approximate surface area is 98.0 Å². The van der Waals surface area contributed by atoms with Gasteiger partial charge in [0.2, 0.25) is 0 Å². The molecular formula is C9H6BrIN2. The van der Waals surface area contributed by atoms with Crippen LogP contribution in [0.15, 0.2) is 34.9 Å². The van der Waals surface area contributed by atoms with E-state index in [-0.39, 0.29) is 0 Å². The van der Waals surface area contributed by atoms with Gasteiger partial charge in [0.25, 0.3) is 0 Å². The predicted molar refractivity (Wildman–Crippen MR) is 64.4 cm³/mol. The topological polar surface area (TPSA) is 28.7 Å². The van der Waals surface area contributed by atoms with Crippen LogP contribution in [0.4, 0.5) is 0 Å². The first-order valence-corrected chi connectivity index (χ1v) is 5.60. The van der Waals surface area contributed by atoms with E-state index in [4.69, 9.17) is 0 Å². The number of hydrogen-bond donors (Lipinski definition) is 1. The van der Waals surface area contributed by atoms with Gasteiger partial charge in [0.15, 0.2) is 0 Å². The van der Waals surface area contributed by atoms with E-state index in [9.17, 15) is 0 Å². The average molecular weight is 349 g/mol. The van der Waals surface area contributed by atoms with Gasteiger partial charge in [-0.3, -0.25) is 5.10 Å². The van der Waals surface area contributed by atoms with E-state index in [2.05, 4.69) is 54.8 Å². The molecule has 0 amide bonds. The Morgan fingerprint density at radius 1 is 1.31 bits per heavy atom. The predicted octanol–water partition coefficient (Wildman–Crippen LogP) is 3.44. The van der Waals surface area contributed by atoms with Gasteiger partial charge in [0.05, 0.1) is 15.5 Å². The van der Waals surface area contributed by atoms with Gasteiger partial charge in [-0.2, -0.15) is 5.10 Å². The number of rotatable bonds is 1. The molecule has 13 heavy (non-hydrogen) atoms. The van der Waals surface area contributed by atoms with Gasteiger partial charge in [-0.25, -0.2) is 0 Å². The Hall–Kier alpha value is -0.360. The summed E-state index contributed by atoms with van der Waals surface area (Å²) in [4.78, 5) is 0. The summed E-state index contributed by atoms with van der Waals surface area (Å²) in [5, 5.41) is 6.96. The Kier molecular flexibility index (Phi) is 2.69. The molecule has 0 unspecified atom stereocenters. The standard InChI is InChI=1S/C9H6BrIN2/c10-7-4-2-1-3-6(7)9-8(11)5-12-13-9/h1-5H,(H,12,13). The molecule has 2 aromatic rings. The summed E-state index contributed by atoms with van der Waals surface area (Å²) in [5.74, 6) is 0. The van der Waals surface area contributed by atoms with E-state index in [1.165, 1.54) is 0 Å². The summed E-state index contributed by atoms with van der Waals surface area (Å²) in [5.41, 5.74) is 2.21. The van der Waals surface area contributed by atoms with E-state index < -0.39 is 0 Å². The van der Waals surface area contributed by atoms with Gasteiger partial charge in [-0.15, -0.1) is 0 Å². The number of H-pyrrole nitrogens is 1. The molecule has 0 aliphatic carbocycles. The highest BCUT2D eigenvalue weighted by molar-refractivity contribution is 14.1. The van der Waals surface area contributed by atoms with Crippen LogP contribution in [0.5, 0.6) is 0 Å². The fraction of sp³-hybridized carbons (Fsp3) is 0. The van der Waals surface area contributed by atoms with Gasteiger partial charge in [0, 0.05) is 10.0 Å². The van der Waals surface area contributed by atoms with E-state index >= 15 is 0 Å². The summed E-state index contributed by atoms with van der Waals surface area (Å²) in [6.45, 7) is 0. The lowest BCUT2D eigenvalue weighted by Gasteiger charge is -2.00. The monoisotopic (exact) mass is 348 g/mol. The average Bonchev–Trinajstić information content (AvgIpc) is 2.52. The SMILES string of the molecule is Brc1ccccc1-c1[nH]ncc1I. The van der Waals surface area contributed by atoms with Crippen LogP contribution < -0.4 is 0 Å². The molecule has 0 bridgehead atoms. The smallest absolute Gasteiger partial charge is 0.0795 e. The molecule has 0 saturated heterocycles. The van der Waals surface area contributed by atoms with E-state index in [1.807, 2.05) is 24.4 Å². The normalized spacial score (nSPS) is 10.3. The molecule has 1 heterocycles. The Morgan fingerprint density at radius 2 is 2.08 bits per heavy atom. The second kappa shape index (κ2) is 3.79. The summed E-state index contributed by atoms with van der Waals surface area (Å²) < 4.78 is 2.21. The molecule has 1 aromatic carbocycles. The second-order valence-corrected chi connectivity index (χ2v) is 4.59. The highest BCUT2D eigenvalue weighted by atomic mass is 127.